The lowest BCUT2D eigenvalue weighted by Gasteiger charge is -2.12. The summed E-state index contributed by atoms with van der Waals surface area (Å²) in [6.07, 6.45) is 3.62. The number of hydrogen-bond donors (Lipinski definition) is 1. The molecular formula is C14H15N3O3. The molecule has 0 unspecified atom stereocenters. The van der Waals surface area contributed by atoms with Gasteiger partial charge in [0.25, 0.3) is 5.91 Å². The molecule has 0 bridgehead atoms. The summed E-state index contributed by atoms with van der Waals surface area (Å²) in [4.78, 5) is 12.2. The smallest absolute Gasteiger partial charge is 0.251 e. The minimum atomic E-state index is -0.153. The van der Waals surface area contributed by atoms with Crippen molar-refractivity contribution in [1.29, 1.82) is 0 Å². The predicted octanol–water partition coefficient (Wildman–Crippen LogP) is 1.64. The molecule has 0 aliphatic carbocycles. The Kier molecular flexibility index (Phi) is 3.06. The van der Waals surface area contributed by atoms with Gasteiger partial charge in [-0.25, -0.2) is 0 Å². The molecule has 0 saturated carbocycles. The maximum Gasteiger partial charge on any atom is 0.251 e. The minimum Gasteiger partial charge on any atom is -0.454 e. The summed E-state index contributed by atoms with van der Waals surface area (Å²) in [6, 6.07) is 5.04. The van der Waals surface area contributed by atoms with Gasteiger partial charge in [-0.3, -0.25) is 9.48 Å². The van der Waals surface area contributed by atoms with E-state index in [1.54, 1.807) is 29.1 Å². The molecule has 1 atom stereocenters. The fourth-order valence-corrected chi connectivity index (χ4v) is 2.06. The van der Waals surface area contributed by atoms with Crippen molar-refractivity contribution in [2.75, 3.05) is 6.79 Å². The number of hydrogen-bond acceptors (Lipinski definition) is 4. The van der Waals surface area contributed by atoms with Crippen molar-refractivity contribution in [2.45, 2.75) is 13.0 Å². The van der Waals surface area contributed by atoms with E-state index in [0.717, 1.165) is 5.56 Å². The molecule has 20 heavy (non-hydrogen) atoms. The summed E-state index contributed by atoms with van der Waals surface area (Å²) in [5.74, 6) is 1.12. The van der Waals surface area contributed by atoms with Crippen LogP contribution < -0.4 is 14.8 Å². The second-order valence-corrected chi connectivity index (χ2v) is 4.71. The first-order valence-electron chi connectivity index (χ1n) is 6.32. The highest BCUT2D eigenvalue weighted by Gasteiger charge is 2.18. The molecule has 1 aromatic carbocycles. The standard InChI is InChI=1S/C14H15N3O3/c1-9(11-6-15-17(2)7-11)16-14(18)10-3-4-12-13(5-10)20-8-19-12/h3-7,9H,8H2,1-2H3,(H,16,18)/t9-/m0/s1. The van der Waals surface area contributed by atoms with E-state index in [-0.39, 0.29) is 18.7 Å². The van der Waals surface area contributed by atoms with E-state index in [9.17, 15) is 4.79 Å². The van der Waals surface area contributed by atoms with Crippen LogP contribution in [0.3, 0.4) is 0 Å². The first-order chi connectivity index (χ1) is 9.63. The lowest BCUT2D eigenvalue weighted by Crippen LogP contribution is -2.26. The van der Waals surface area contributed by atoms with Gasteiger partial charge in [0.05, 0.1) is 12.2 Å². The van der Waals surface area contributed by atoms with Crippen LogP contribution in [-0.2, 0) is 7.05 Å². The molecule has 1 aromatic heterocycles. The molecule has 3 rings (SSSR count). The maximum absolute atomic E-state index is 12.2. The number of carbonyl (C=O) groups excluding carboxylic acids is 1. The van der Waals surface area contributed by atoms with Gasteiger partial charge in [-0.1, -0.05) is 0 Å². The largest absolute Gasteiger partial charge is 0.454 e. The molecule has 0 saturated heterocycles. The van der Waals surface area contributed by atoms with Crippen molar-refractivity contribution in [1.82, 2.24) is 15.1 Å². The maximum atomic E-state index is 12.2. The number of nitrogens with zero attached hydrogens (tertiary/aromatic N) is 2. The molecule has 1 aliphatic rings. The van der Waals surface area contributed by atoms with Crippen LogP contribution in [0, 0.1) is 0 Å². The highest BCUT2D eigenvalue weighted by Crippen LogP contribution is 2.32. The molecule has 1 N–H and O–H groups in total. The van der Waals surface area contributed by atoms with Crippen molar-refractivity contribution in [2.24, 2.45) is 7.05 Å². The molecule has 6 heteroatoms. The Morgan fingerprint density at radius 2 is 2.20 bits per heavy atom. The average Bonchev–Trinajstić information content (AvgIpc) is 3.05. The van der Waals surface area contributed by atoms with Crippen LogP contribution in [-0.4, -0.2) is 22.5 Å². The average molecular weight is 273 g/mol. The normalized spacial score (nSPS) is 14.1. The Bertz CT molecular complexity index is 651. The van der Waals surface area contributed by atoms with Gasteiger partial charge in [0.2, 0.25) is 6.79 Å². The minimum absolute atomic E-state index is 0.110. The second kappa shape index (κ2) is 4.88. The number of fused-ring (bicyclic) bond motifs is 1. The molecule has 6 nitrogen and oxygen atoms in total. The molecule has 1 aliphatic heterocycles. The van der Waals surface area contributed by atoms with Gasteiger partial charge in [0.1, 0.15) is 0 Å². The highest BCUT2D eigenvalue weighted by atomic mass is 16.7. The summed E-state index contributed by atoms with van der Waals surface area (Å²) in [6.45, 7) is 2.12. The monoisotopic (exact) mass is 273 g/mol. The van der Waals surface area contributed by atoms with E-state index < -0.39 is 0 Å². The lowest BCUT2D eigenvalue weighted by atomic mass is 10.1. The first kappa shape index (κ1) is 12.5. The van der Waals surface area contributed by atoms with Gasteiger partial charge in [-0.05, 0) is 25.1 Å². The van der Waals surface area contributed by atoms with Gasteiger partial charge >= 0.3 is 0 Å². The third-order valence-electron chi connectivity index (χ3n) is 3.21. The Labute approximate surface area is 116 Å². The van der Waals surface area contributed by atoms with Gasteiger partial charge in [-0.2, -0.15) is 5.10 Å². The fraction of sp³-hybridized carbons (Fsp3) is 0.286. The van der Waals surface area contributed by atoms with E-state index >= 15 is 0 Å². The fourth-order valence-electron chi connectivity index (χ4n) is 2.06. The molecule has 0 fully saturated rings. The van der Waals surface area contributed by atoms with Crippen molar-refractivity contribution in [3.05, 3.63) is 41.7 Å². The number of aryl methyl sites for hydroxylation is 1. The van der Waals surface area contributed by atoms with E-state index in [2.05, 4.69) is 10.4 Å². The Morgan fingerprint density at radius 3 is 2.95 bits per heavy atom. The molecule has 2 heterocycles. The van der Waals surface area contributed by atoms with Crippen LogP contribution in [0.2, 0.25) is 0 Å². The molecule has 2 aromatic rings. The van der Waals surface area contributed by atoms with E-state index in [4.69, 9.17) is 9.47 Å². The third-order valence-corrected chi connectivity index (χ3v) is 3.21. The SMILES string of the molecule is C[C@H](NC(=O)c1ccc2c(c1)OCO2)c1cnn(C)c1. The number of benzene rings is 1. The number of aromatic nitrogens is 2. The number of rotatable bonds is 3. The van der Waals surface area contributed by atoms with Crippen molar-refractivity contribution >= 4 is 5.91 Å². The van der Waals surface area contributed by atoms with Gasteiger partial charge in [-0.15, -0.1) is 0 Å². The topological polar surface area (TPSA) is 65.4 Å². The molecule has 1 amide bonds. The van der Waals surface area contributed by atoms with Crippen LogP contribution in [0.5, 0.6) is 11.5 Å². The lowest BCUT2D eigenvalue weighted by molar-refractivity contribution is 0.0939. The molecular weight excluding hydrogens is 258 g/mol. The van der Waals surface area contributed by atoms with Gasteiger partial charge < -0.3 is 14.8 Å². The summed E-state index contributed by atoms with van der Waals surface area (Å²) >= 11 is 0. The van der Waals surface area contributed by atoms with Crippen LogP contribution in [0.15, 0.2) is 30.6 Å². The van der Waals surface area contributed by atoms with Crippen LogP contribution in [0.1, 0.15) is 28.9 Å². The molecule has 0 spiro atoms. The second-order valence-electron chi connectivity index (χ2n) is 4.71. The zero-order valence-corrected chi connectivity index (χ0v) is 11.3. The van der Waals surface area contributed by atoms with E-state index in [1.807, 2.05) is 20.2 Å². The zero-order valence-electron chi connectivity index (χ0n) is 11.3. The van der Waals surface area contributed by atoms with Crippen LogP contribution in [0.25, 0.3) is 0 Å². The number of amides is 1. The number of ether oxygens (including phenoxy) is 2. The van der Waals surface area contributed by atoms with E-state index in [1.165, 1.54) is 0 Å². The summed E-state index contributed by atoms with van der Waals surface area (Å²) in [5.41, 5.74) is 1.51. The summed E-state index contributed by atoms with van der Waals surface area (Å²) in [7, 11) is 1.84. The van der Waals surface area contributed by atoms with Crippen molar-refractivity contribution in [3.63, 3.8) is 0 Å². The van der Waals surface area contributed by atoms with E-state index in [0.29, 0.717) is 17.1 Å². The zero-order chi connectivity index (χ0) is 14.1. The first-order valence-corrected chi connectivity index (χ1v) is 6.32. The molecule has 104 valence electrons. The summed E-state index contributed by atoms with van der Waals surface area (Å²) in [5, 5.41) is 7.02. The summed E-state index contributed by atoms with van der Waals surface area (Å²) < 4.78 is 12.2. The molecule has 0 radical (unpaired) electrons. The Balaban J connectivity index is 1.73. The third kappa shape index (κ3) is 2.32. The van der Waals surface area contributed by atoms with Gasteiger partial charge in [0.15, 0.2) is 11.5 Å². The highest BCUT2D eigenvalue weighted by molar-refractivity contribution is 5.95. The van der Waals surface area contributed by atoms with Crippen LogP contribution in [0.4, 0.5) is 0 Å². The number of nitrogens with one attached hydrogen (secondary N) is 1. The van der Waals surface area contributed by atoms with Crippen molar-refractivity contribution in [3.8, 4) is 11.5 Å². The predicted molar refractivity (Wildman–Crippen MR) is 71.7 cm³/mol. The van der Waals surface area contributed by atoms with Gasteiger partial charge in [0, 0.05) is 24.4 Å². The van der Waals surface area contributed by atoms with Crippen molar-refractivity contribution < 1.29 is 14.3 Å². The van der Waals surface area contributed by atoms with Crippen LogP contribution >= 0.6 is 0 Å². The Morgan fingerprint density at radius 1 is 1.40 bits per heavy atom. The quantitative estimate of drug-likeness (QED) is 0.923. The Hall–Kier alpha value is -2.50. The number of carbonyl (C=O) groups is 1.